The van der Waals surface area contributed by atoms with Gasteiger partial charge in [-0.2, -0.15) is 0 Å². The van der Waals surface area contributed by atoms with Crippen molar-refractivity contribution in [3.63, 3.8) is 0 Å². The topological polar surface area (TPSA) is 49.8 Å². The normalized spacial score (nSPS) is 12.1. The van der Waals surface area contributed by atoms with E-state index in [1.54, 1.807) is 13.9 Å². The zero-order valence-corrected chi connectivity index (χ0v) is 13.8. The van der Waals surface area contributed by atoms with Crippen LogP contribution in [0.15, 0.2) is 28.7 Å². The Morgan fingerprint density at radius 2 is 2.05 bits per heavy atom. The van der Waals surface area contributed by atoms with Crippen molar-refractivity contribution in [1.82, 2.24) is 5.06 Å². The van der Waals surface area contributed by atoms with Crippen LogP contribution in [0.1, 0.15) is 12.0 Å². The molecule has 0 aliphatic carbocycles. The van der Waals surface area contributed by atoms with E-state index in [1.165, 1.54) is 12.2 Å². The number of carbonyl (C=O) groups is 1. The molecule has 0 spiro atoms. The van der Waals surface area contributed by atoms with E-state index in [1.807, 2.05) is 24.3 Å². The molecule has 0 saturated heterocycles. The van der Waals surface area contributed by atoms with Crippen molar-refractivity contribution in [2.75, 3.05) is 14.2 Å². The number of halogens is 1. The highest BCUT2D eigenvalue weighted by molar-refractivity contribution is 9.10. The van der Waals surface area contributed by atoms with Crippen molar-refractivity contribution < 1.29 is 14.7 Å². The van der Waals surface area contributed by atoms with Gasteiger partial charge in [0.2, 0.25) is 5.91 Å². The molecule has 0 aliphatic heterocycles. The van der Waals surface area contributed by atoms with Gasteiger partial charge in [-0.05, 0) is 36.4 Å². The number of carbonyl (C=O) groups excluding carboxylic acids is 1. The first-order valence-electron chi connectivity index (χ1n) is 6.65. The van der Waals surface area contributed by atoms with Gasteiger partial charge in [-0.15, -0.1) is 0 Å². The number of benzene rings is 1. The van der Waals surface area contributed by atoms with E-state index in [0.717, 1.165) is 16.5 Å². The van der Waals surface area contributed by atoms with Crippen molar-refractivity contribution in [1.29, 1.82) is 0 Å². The Balaban J connectivity index is 2.68. The molecule has 0 heterocycles. The monoisotopic (exact) mass is 341 g/mol. The van der Waals surface area contributed by atoms with Gasteiger partial charge in [-0.1, -0.05) is 34.9 Å². The highest BCUT2D eigenvalue weighted by Crippen LogP contribution is 2.20. The quantitative estimate of drug-likeness (QED) is 0.612. The summed E-state index contributed by atoms with van der Waals surface area (Å²) in [5.74, 6) is 0.0246. The van der Waals surface area contributed by atoms with E-state index in [4.69, 9.17) is 4.84 Å². The largest absolute Gasteiger partial charge is 0.451 e. The molecule has 1 rings (SSSR count). The van der Waals surface area contributed by atoms with Crippen LogP contribution >= 0.6 is 15.9 Å². The number of rotatable bonds is 7. The van der Waals surface area contributed by atoms with Crippen molar-refractivity contribution in [3.8, 4) is 0 Å². The average Bonchev–Trinajstić information content (AvgIpc) is 2.39. The Bertz CT molecular complexity index is 425. The second-order valence-electron chi connectivity index (χ2n) is 5.06. The summed E-state index contributed by atoms with van der Waals surface area (Å²) in [6, 6.07) is 8.03. The molecule has 1 N–H and O–H groups in total. The molecular formula is C14H21BBrNO3. The fourth-order valence-corrected chi connectivity index (χ4v) is 2.42. The van der Waals surface area contributed by atoms with Gasteiger partial charge in [0.25, 0.3) is 6.92 Å². The van der Waals surface area contributed by atoms with Crippen molar-refractivity contribution in [2.24, 2.45) is 5.92 Å². The van der Waals surface area contributed by atoms with E-state index in [0.29, 0.717) is 12.7 Å². The summed E-state index contributed by atoms with van der Waals surface area (Å²) in [6.07, 6.45) is 1.73. The SMILES string of the molecule is CON(C)C(=O)C[C@H](CB(C)O)Cc1ccc(Br)cc1. The zero-order chi connectivity index (χ0) is 15.1. The van der Waals surface area contributed by atoms with Gasteiger partial charge in [0.05, 0.1) is 7.11 Å². The van der Waals surface area contributed by atoms with Gasteiger partial charge < -0.3 is 5.02 Å². The zero-order valence-electron chi connectivity index (χ0n) is 12.2. The van der Waals surface area contributed by atoms with E-state index in [-0.39, 0.29) is 11.8 Å². The van der Waals surface area contributed by atoms with Gasteiger partial charge in [-0.3, -0.25) is 9.63 Å². The average molecular weight is 342 g/mol. The summed E-state index contributed by atoms with van der Waals surface area (Å²) in [5.41, 5.74) is 1.16. The van der Waals surface area contributed by atoms with Crippen LogP contribution < -0.4 is 0 Å². The third-order valence-electron chi connectivity index (χ3n) is 3.20. The third kappa shape index (κ3) is 6.07. The Morgan fingerprint density at radius 1 is 1.45 bits per heavy atom. The third-order valence-corrected chi connectivity index (χ3v) is 3.73. The lowest BCUT2D eigenvalue weighted by molar-refractivity contribution is -0.169. The standard InChI is InChI=1S/C14H21BBrNO3/c1-15(19)10-12(9-14(18)17(2)20-3)8-11-4-6-13(16)7-5-11/h4-7,12,19H,8-10H2,1-3H3/t12-/m1/s1. The summed E-state index contributed by atoms with van der Waals surface area (Å²) in [4.78, 5) is 16.8. The summed E-state index contributed by atoms with van der Waals surface area (Å²) in [5, 5.41) is 10.8. The molecule has 1 aromatic rings. The minimum absolute atomic E-state index is 0.0738. The van der Waals surface area contributed by atoms with Gasteiger partial charge >= 0.3 is 0 Å². The Kier molecular flexibility index (Phi) is 7.26. The second-order valence-corrected chi connectivity index (χ2v) is 5.97. The van der Waals surface area contributed by atoms with Crippen LogP contribution in [0.3, 0.4) is 0 Å². The van der Waals surface area contributed by atoms with E-state index < -0.39 is 6.92 Å². The molecule has 0 saturated carbocycles. The lowest BCUT2D eigenvalue weighted by Gasteiger charge is -2.20. The number of hydrogen-bond donors (Lipinski definition) is 1. The maximum atomic E-state index is 11.9. The molecule has 110 valence electrons. The fourth-order valence-electron chi connectivity index (χ4n) is 2.15. The van der Waals surface area contributed by atoms with Crippen LogP contribution in [-0.4, -0.2) is 37.1 Å². The first-order chi connectivity index (χ1) is 9.42. The molecule has 0 aliphatic rings. The molecule has 0 unspecified atom stereocenters. The van der Waals surface area contributed by atoms with Crippen LogP contribution in [0.25, 0.3) is 0 Å². The molecule has 0 radical (unpaired) electrons. The summed E-state index contributed by atoms with van der Waals surface area (Å²) in [7, 11) is 3.07. The van der Waals surface area contributed by atoms with Crippen molar-refractivity contribution in [2.45, 2.75) is 26.0 Å². The Labute approximate surface area is 129 Å². The van der Waals surface area contributed by atoms with Crippen LogP contribution in [0, 0.1) is 5.92 Å². The number of nitrogens with zero attached hydrogens (tertiary/aromatic N) is 1. The van der Waals surface area contributed by atoms with E-state index in [9.17, 15) is 9.82 Å². The van der Waals surface area contributed by atoms with E-state index in [2.05, 4.69) is 15.9 Å². The Hall–Kier alpha value is -0.845. The Morgan fingerprint density at radius 3 is 2.55 bits per heavy atom. The molecular weight excluding hydrogens is 321 g/mol. The molecule has 0 fully saturated rings. The van der Waals surface area contributed by atoms with Crippen LogP contribution in [0.2, 0.25) is 13.1 Å². The van der Waals surface area contributed by atoms with Crippen LogP contribution in [0.4, 0.5) is 0 Å². The van der Waals surface area contributed by atoms with Gasteiger partial charge in [0.1, 0.15) is 0 Å². The van der Waals surface area contributed by atoms with Crippen molar-refractivity contribution in [3.05, 3.63) is 34.3 Å². The lowest BCUT2D eigenvalue weighted by Crippen LogP contribution is -2.29. The summed E-state index contributed by atoms with van der Waals surface area (Å²) in [6.45, 7) is 1.33. The highest BCUT2D eigenvalue weighted by atomic mass is 79.9. The molecule has 6 heteroatoms. The number of amides is 1. The molecule has 4 nitrogen and oxygen atoms in total. The van der Waals surface area contributed by atoms with Crippen molar-refractivity contribution >= 4 is 28.8 Å². The van der Waals surface area contributed by atoms with Crippen LogP contribution in [0.5, 0.6) is 0 Å². The molecule has 0 bridgehead atoms. The summed E-state index contributed by atoms with van der Waals surface area (Å²) >= 11 is 3.40. The maximum absolute atomic E-state index is 11.9. The number of hydroxylamine groups is 2. The van der Waals surface area contributed by atoms with Gasteiger partial charge in [-0.25, -0.2) is 5.06 Å². The first kappa shape index (κ1) is 17.2. The van der Waals surface area contributed by atoms with Gasteiger partial charge in [0.15, 0.2) is 0 Å². The predicted octanol–water partition coefficient (Wildman–Crippen LogP) is 2.63. The minimum Gasteiger partial charge on any atom is -0.451 e. The first-order valence-corrected chi connectivity index (χ1v) is 7.44. The van der Waals surface area contributed by atoms with Crippen LogP contribution in [-0.2, 0) is 16.1 Å². The smallest absolute Gasteiger partial charge is 0.286 e. The fraction of sp³-hybridized carbons (Fsp3) is 0.500. The van der Waals surface area contributed by atoms with E-state index >= 15 is 0 Å². The van der Waals surface area contributed by atoms with Gasteiger partial charge in [0, 0.05) is 17.9 Å². The molecule has 20 heavy (non-hydrogen) atoms. The minimum atomic E-state index is -0.420. The number of hydrogen-bond acceptors (Lipinski definition) is 3. The molecule has 1 amide bonds. The second kappa shape index (κ2) is 8.44. The molecule has 0 aromatic heterocycles. The highest BCUT2D eigenvalue weighted by Gasteiger charge is 2.20. The summed E-state index contributed by atoms with van der Waals surface area (Å²) < 4.78 is 1.03. The lowest BCUT2D eigenvalue weighted by atomic mass is 9.62. The molecule has 1 aromatic carbocycles. The predicted molar refractivity (Wildman–Crippen MR) is 84.4 cm³/mol. The molecule has 1 atom stereocenters. The maximum Gasteiger partial charge on any atom is 0.286 e.